The van der Waals surface area contributed by atoms with E-state index in [0.29, 0.717) is 6.42 Å². The summed E-state index contributed by atoms with van der Waals surface area (Å²) >= 11 is 0. The minimum Gasteiger partial charge on any atom is -0.480 e. The number of alkyl carbamates (subject to hydrolysis) is 1. The van der Waals surface area contributed by atoms with Gasteiger partial charge in [0.25, 0.3) is 0 Å². The minimum absolute atomic E-state index is 0.00987. The second kappa shape index (κ2) is 11.4. The quantitative estimate of drug-likeness (QED) is 0.439. The molecule has 1 aliphatic carbocycles. The fourth-order valence-corrected chi connectivity index (χ4v) is 4.57. The summed E-state index contributed by atoms with van der Waals surface area (Å²) < 4.78 is 5.63. The van der Waals surface area contributed by atoms with Crippen LogP contribution < -0.4 is 10.6 Å². The highest BCUT2D eigenvalue weighted by atomic mass is 16.5. The zero-order valence-electron chi connectivity index (χ0n) is 21.0. The molecule has 7 heteroatoms. The zero-order valence-corrected chi connectivity index (χ0v) is 21.0. The van der Waals surface area contributed by atoms with Crippen molar-refractivity contribution in [2.24, 2.45) is 5.41 Å². The van der Waals surface area contributed by atoms with Crippen molar-refractivity contribution in [2.45, 2.75) is 71.4 Å². The van der Waals surface area contributed by atoms with Gasteiger partial charge in [0.15, 0.2) is 0 Å². The number of rotatable bonds is 10. The molecule has 0 heterocycles. The molecule has 7 nitrogen and oxygen atoms in total. The summed E-state index contributed by atoms with van der Waals surface area (Å²) in [7, 11) is 0. The number of hydrogen-bond acceptors (Lipinski definition) is 4. The molecule has 0 aliphatic heterocycles. The van der Waals surface area contributed by atoms with Crippen molar-refractivity contribution in [1.29, 1.82) is 0 Å². The van der Waals surface area contributed by atoms with Crippen molar-refractivity contribution in [3.8, 4) is 11.1 Å². The maximum absolute atomic E-state index is 12.7. The first kappa shape index (κ1) is 26.3. The second-order valence-electron chi connectivity index (χ2n) is 10.2. The van der Waals surface area contributed by atoms with Crippen LogP contribution in [0.3, 0.4) is 0 Å². The number of ether oxygens (including phenoxy) is 1. The van der Waals surface area contributed by atoms with Gasteiger partial charge in [-0.15, -0.1) is 0 Å². The highest BCUT2D eigenvalue weighted by molar-refractivity contribution is 5.85. The molecule has 0 aromatic heterocycles. The SMILES string of the molecule is CCCC[C@@H](CC(=O)N[C@H](C(=O)O)C(C)(C)C)NC(=O)OCC1c2ccccc2-c2ccccc21. The highest BCUT2D eigenvalue weighted by Gasteiger charge is 2.33. The molecule has 0 bridgehead atoms. The Morgan fingerprint density at radius 1 is 0.971 bits per heavy atom. The van der Waals surface area contributed by atoms with Crippen LogP contribution in [0.5, 0.6) is 0 Å². The number of aliphatic carboxylic acids is 1. The van der Waals surface area contributed by atoms with E-state index < -0.39 is 35.5 Å². The number of unbranched alkanes of at least 4 members (excludes halogenated alkanes) is 1. The van der Waals surface area contributed by atoms with E-state index in [9.17, 15) is 19.5 Å². The van der Waals surface area contributed by atoms with Gasteiger partial charge in [0, 0.05) is 18.4 Å². The monoisotopic (exact) mass is 480 g/mol. The van der Waals surface area contributed by atoms with Crippen LogP contribution in [-0.2, 0) is 14.3 Å². The van der Waals surface area contributed by atoms with E-state index in [1.807, 2.05) is 31.2 Å². The molecule has 2 aromatic carbocycles. The fraction of sp³-hybridized carbons (Fsp3) is 0.464. The van der Waals surface area contributed by atoms with Gasteiger partial charge in [-0.2, -0.15) is 0 Å². The number of amides is 2. The summed E-state index contributed by atoms with van der Waals surface area (Å²) in [6.45, 7) is 7.50. The molecule has 3 N–H and O–H groups in total. The molecule has 188 valence electrons. The fourth-order valence-electron chi connectivity index (χ4n) is 4.57. The topological polar surface area (TPSA) is 105 Å². The molecule has 0 unspecified atom stereocenters. The molecule has 0 saturated heterocycles. The number of nitrogens with one attached hydrogen (secondary N) is 2. The molecule has 3 rings (SSSR count). The first-order chi connectivity index (χ1) is 16.6. The third-order valence-corrected chi connectivity index (χ3v) is 6.42. The summed E-state index contributed by atoms with van der Waals surface area (Å²) in [6.07, 6.45) is 1.74. The van der Waals surface area contributed by atoms with Crippen molar-refractivity contribution >= 4 is 18.0 Å². The number of carboxylic acids is 1. The van der Waals surface area contributed by atoms with Crippen LogP contribution in [0.15, 0.2) is 48.5 Å². The Balaban J connectivity index is 1.62. The molecule has 35 heavy (non-hydrogen) atoms. The number of fused-ring (bicyclic) bond motifs is 3. The van der Waals surface area contributed by atoms with Gasteiger partial charge in [0.2, 0.25) is 5.91 Å². The lowest BCUT2D eigenvalue weighted by Gasteiger charge is -2.28. The van der Waals surface area contributed by atoms with E-state index in [-0.39, 0.29) is 18.9 Å². The van der Waals surface area contributed by atoms with Gasteiger partial charge < -0.3 is 20.5 Å². The van der Waals surface area contributed by atoms with E-state index in [4.69, 9.17) is 4.74 Å². The van der Waals surface area contributed by atoms with Gasteiger partial charge >= 0.3 is 12.1 Å². The minimum atomic E-state index is -1.08. The molecule has 2 atom stereocenters. The molecule has 2 aromatic rings. The third kappa shape index (κ3) is 6.62. The van der Waals surface area contributed by atoms with Gasteiger partial charge in [0.05, 0.1) is 0 Å². The van der Waals surface area contributed by atoms with Crippen LogP contribution in [-0.4, -0.2) is 41.8 Å². The smallest absolute Gasteiger partial charge is 0.407 e. The molecule has 0 radical (unpaired) electrons. The van der Waals surface area contributed by atoms with Gasteiger partial charge in [0.1, 0.15) is 12.6 Å². The summed E-state index contributed by atoms with van der Waals surface area (Å²) in [6, 6.07) is 14.8. The largest absolute Gasteiger partial charge is 0.480 e. The Morgan fingerprint density at radius 3 is 2.06 bits per heavy atom. The average Bonchev–Trinajstić information content (AvgIpc) is 3.12. The molecule has 1 aliphatic rings. The third-order valence-electron chi connectivity index (χ3n) is 6.42. The van der Waals surface area contributed by atoms with Gasteiger partial charge in [-0.3, -0.25) is 4.79 Å². The summed E-state index contributed by atoms with van der Waals surface area (Å²) in [4.78, 5) is 36.9. The summed E-state index contributed by atoms with van der Waals surface area (Å²) in [5, 5.41) is 14.9. The first-order valence-corrected chi connectivity index (χ1v) is 12.3. The normalized spacial score (nSPS) is 14.4. The lowest BCUT2D eigenvalue weighted by atomic mass is 9.86. The number of carbonyl (C=O) groups excluding carboxylic acids is 2. The van der Waals surface area contributed by atoms with E-state index in [2.05, 4.69) is 34.9 Å². The van der Waals surface area contributed by atoms with E-state index >= 15 is 0 Å². The van der Waals surface area contributed by atoms with Gasteiger partial charge in [-0.1, -0.05) is 89.1 Å². The Hall–Kier alpha value is -3.35. The Kier molecular flexibility index (Phi) is 8.54. The molecular weight excluding hydrogens is 444 g/mol. The zero-order chi connectivity index (χ0) is 25.6. The summed E-state index contributed by atoms with van der Waals surface area (Å²) in [5.41, 5.74) is 3.93. The Morgan fingerprint density at radius 2 is 1.54 bits per heavy atom. The predicted octanol–water partition coefficient (Wildman–Crippen LogP) is 5.09. The number of benzene rings is 2. The molecular formula is C28H36N2O5. The molecule has 2 amide bonds. The number of hydrogen-bond donors (Lipinski definition) is 3. The van der Waals surface area contributed by atoms with Crippen molar-refractivity contribution < 1.29 is 24.2 Å². The van der Waals surface area contributed by atoms with Crippen molar-refractivity contribution in [3.63, 3.8) is 0 Å². The van der Waals surface area contributed by atoms with Gasteiger partial charge in [-0.05, 0) is 34.1 Å². The molecule has 0 fully saturated rings. The van der Waals surface area contributed by atoms with Crippen LogP contribution in [0.2, 0.25) is 0 Å². The predicted molar refractivity (Wildman–Crippen MR) is 135 cm³/mol. The van der Waals surface area contributed by atoms with E-state index in [1.54, 1.807) is 20.8 Å². The first-order valence-electron chi connectivity index (χ1n) is 12.3. The maximum Gasteiger partial charge on any atom is 0.407 e. The van der Waals surface area contributed by atoms with Gasteiger partial charge in [-0.25, -0.2) is 9.59 Å². The number of carboxylic acid groups (broad SMARTS) is 1. The van der Waals surface area contributed by atoms with Crippen molar-refractivity contribution in [2.75, 3.05) is 6.61 Å². The second-order valence-corrected chi connectivity index (χ2v) is 10.2. The van der Waals surface area contributed by atoms with Crippen molar-refractivity contribution in [1.82, 2.24) is 10.6 Å². The summed E-state index contributed by atoms with van der Waals surface area (Å²) in [5.74, 6) is -1.54. The Bertz CT molecular complexity index is 1010. The van der Waals surface area contributed by atoms with E-state index in [0.717, 1.165) is 35.1 Å². The van der Waals surface area contributed by atoms with Crippen LogP contribution >= 0.6 is 0 Å². The average molecular weight is 481 g/mol. The lowest BCUT2D eigenvalue weighted by Crippen LogP contribution is -2.50. The maximum atomic E-state index is 12.7. The number of carbonyl (C=O) groups is 3. The Labute approximate surface area is 207 Å². The van der Waals surface area contributed by atoms with E-state index in [1.165, 1.54) is 0 Å². The highest BCUT2D eigenvalue weighted by Crippen LogP contribution is 2.44. The molecule has 0 saturated carbocycles. The van der Waals surface area contributed by atoms with Crippen LogP contribution in [0, 0.1) is 5.41 Å². The molecule has 0 spiro atoms. The van der Waals surface area contributed by atoms with Crippen LogP contribution in [0.1, 0.15) is 70.4 Å². The lowest BCUT2D eigenvalue weighted by molar-refractivity contribution is -0.145. The van der Waals surface area contributed by atoms with Crippen LogP contribution in [0.25, 0.3) is 11.1 Å². The standard InChI is InChI=1S/C28H36N2O5/c1-5-6-11-18(16-24(31)30-25(26(32)33)28(2,3)4)29-27(34)35-17-23-21-14-9-7-12-19(21)20-13-8-10-15-22(20)23/h7-10,12-15,18,23,25H,5-6,11,16-17H2,1-4H3,(H,29,34)(H,30,31)(H,32,33)/t18-,25+/m0/s1. The van der Waals surface area contributed by atoms with Crippen LogP contribution in [0.4, 0.5) is 4.79 Å². The van der Waals surface area contributed by atoms with Crippen molar-refractivity contribution in [3.05, 3.63) is 59.7 Å².